The van der Waals surface area contributed by atoms with Crippen LogP contribution in [0.2, 0.25) is 5.02 Å². The number of halogens is 5. The molecule has 26 heavy (non-hydrogen) atoms. The predicted molar refractivity (Wildman–Crippen MR) is 95.7 cm³/mol. The number of nitrogens with one attached hydrogen (secondary N) is 1. The maximum Gasteiger partial charge on any atom is 0.417 e. The van der Waals surface area contributed by atoms with Gasteiger partial charge in [-0.1, -0.05) is 17.7 Å². The molecule has 0 amide bonds. The Hall–Kier alpha value is -2.05. The van der Waals surface area contributed by atoms with Gasteiger partial charge in [0.25, 0.3) is 0 Å². The van der Waals surface area contributed by atoms with Crippen molar-refractivity contribution in [2.24, 2.45) is 5.73 Å². The first kappa shape index (κ1) is 18.7. The molecule has 3 aromatic rings. The molecule has 2 nitrogen and oxygen atoms in total. The van der Waals surface area contributed by atoms with Crippen LogP contribution in [0.15, 0.2) is 36.4 Å². The predicted octanol–water partition coefficient (Wildman–Crippen LogP) is 5.93. The summed E-state index contributed by atoms with van der Waals surface area (Å²) < 4.78 is 53.3. The van der Waals surface area contributed by atoms with Gasteiger partial charge in [-0.15, -0.1) is 0 Å². The molecule has 3 N–H and O–H groups in total. The summed E-state index contributed by atoms with van der Waals surface area (Å²) >= 11 is 5.72. The summed E-state index contributed by atoms with van der Waals surface area (Å²) in [5.41, 5.74) is 7.00. The summed E-state index contributed by atoms with van der Waals surface area (Å²) in [6.45, 7) is 0.519. The van der Waals surface area contributed by atoms with Gasteiger partial charge in [-0.3, -0.25) is 0 Å². The number of unbranched alkanes of at least 4 members (excludes halogenated alkanes) is 1. The van der Waals surface area contributed by atoms with Crippen LogP contribution in [0.25, 0.3) is 22.2 Å². The topological polar surface area (TPSA) is 41.8 Å². The standard InChI is InChI=1S/C19H17ClF4N2/c20-16-6-4-11(9-15(16)19(22,23)24)18-13(3-1-2-8-25)14-10-12(21)5-7-17(14)26-18/h4-7,9-10,26H,1-3,8,25H2. The zero-order chi connectivity index (χ0) is 18.9. The van der Waals surface area contributed by atoms with E-state index in [0.717, 1.165) is 24.5 Å². The number of aryl methyl sites for hydroxylation is 1. The van der Waals surface area contributed by atoms with Gasteiger partial charge in [0.2, 0.25) is 0 Å². The van der Waals surface area contributed by atoms with Crippen LogP contribution in [0, 0.1) is 5.82 Å². The number of hydrogen-bond acceptors (Lipinski definition) is 1. The Morgan fingerprint density at radius 3 is 2.50 bits per heavy atom. The molecule has 0 aliphatic carbocycles. The molecule has 138 valence electrons. The van der Waals surface area contributed by atoms with E-state index >= 15 is 0 Å². The lowest BCUT2D eigenvalue weighted by Crippen LogP contribution is -2.06. The Balaban J connectivity index is 2.16. The van der Waals surface area contributed by atoms with Crippen molar-refractivity contribution in [3.63, 3.8) is 0 Å². The van der Waals surface area contributed by atoms with Gasteiger partial charge in [0, 0.05) is 16.6 Å². The van der Waals surface area contributed by atoms with Crippen LogP contribution in [0.1, 0.15) is 24.0 Å². The molecule has 2 aromatic carbocycles. The van der Waals surface area contributed by atoms with Crippen LogP contribution in [0.4, 0.5) is 17.6 Å². The van der Waals surface area contributed by atoms with Crippen LogP contribution in [0.5, 0.6) is 0 Å². The van der Waals surface area contributed by atoms with Gasteiger partial charge >= 0.3 is 6.18 Å². The van der Waals surface area contributed by atoms with E-state index in [4.69, 9.17) is 17.3 Å². The Labute approximate surface area is 153 Å². The molecule has 0 unspecified atom stereocenters. The fraction of sp³-hybridized carbons (Fsp3) is 0.263. The highest BCUT2D eigenvalue weighted by Gasteiger charge is 2.33. The van der Waals surface area contributed by atoms with Crippen molar-refractivity contribution < 1.29 is 17.6 Å². The quantitative estimate of drug-likeness (QED) is 0.415. The number of aromatic amines is 1. The fourth-order valence-corrected chi connectivity index (χ4v) is 3.29. The van der Waals surface area contributed by atoms with Crippen LogP contribution in [-0.2, 0) is 12.6 Å². The third-order valence-electron chi connectivity index (χ3n) is 4.31. The Bertz CT molecular complexity index is 931. The van der Waals surface area contributed by atoms with Gasteiger partial charge in [-0.25, -0.2) is 4.39 Å². The van der Waals surface area contributed by atoms with Gasteiger partial charge in [0.15, 0.2) is 0 Å². The number of aromatic nitrogens is 1. The maximum atomic E-state index is 13.7. The highest BCUT2D eigenvalue weighted by Crippen LogP contribution is 2.39. The van der Waals surface area contributed by atoms with Crippen molar-refractivity contribution in [2.75, 3.05) is 6.54 Å². The van der Waals surface area contributed by atoms with Crippen LogP contribution < -0.4 is 5.73 Å². The van der Waals surface area contributed by atoms with E-state index in [1.807, 2.05) is 0 Å². The Kier molecular flexibility index (Phi) is 5.25. The zero-order valence-corrected chi connectivity index (χ0v) is 14.5. The lowest BCUT2D eigenvalue weighted by Gasteiger charge is -2.12. The summed E-state index contributed by atoms with van der Waals surface area (Å²) in [5, 5.41) is 0.314. The minimum Gasteiger partial charge on any atom is -0.354 e. The molecule has 0 saturated heterocycles. The molecule has 0 aliphatic heterocycles. The van der Waals surface area contributed by atoms with E-state index in [-0.39, 0.29) is 5.02 Å². The van der Waals surface area contributed by atoms with Crippen LogP contribution in [0.3, 0.4) is 0 Å². The second-order valence-electron chi connectivity index (χ2n) is 6.11. The molecule has 0 bridgehead atoms. The largest absolute Gasteiger partial charge is 0.417 e. The van der Waals surface area contributed by atoms with Crippen molar-refractivity contribution >= 4 is 22.5 Å². The first-order valence-electron chi connectivity index (χ1n) is 8.18. The van der Waals surface area contributed by atoms with E-state index in [1.54, 1.807) is 6.07 Å². The molecule has 0 atom stereocenters. The third-order valence-corrected chi connectivity index (χ3v) is 4.64. The summed E-state index contributed by atoms with van der Waals surface area (Å²) in [6, 6.07) is 8.08. The average Bonchev–Trinajstić information content (AvgIpc) is 2.92. The van der Waals surface area contributed by atoms with Gasteiger partial charge in [-0.05, 0) is 67.3 Å². The van der Waals surface area contributed by atoms with Crippen molar-refractivity contribution in [3.05, 3.63) is 58.4 Å². The number of fused-ring (bicyclic) bond motifs is 1. The number of benzene rings is 2. The monoisotopic (exact) mass is 384 g/mol. The highest BCUT2D eigenvalue weighted by molar-refractivity contribution is 6.31. The number of rotatable bonds is 5. The SMILES string of the molecule is NCCCCc1c(-c2ccc(Cl)c(C(F)(F)F)c2)[nH]c2ccc(F)cc12. The van der Waals surface area contributed by atoms with Gasteiger partial charge in [-0.2, -0.15) is 13.2 Å². The second kappa shape index (κ2) is 7.29. The minimum atomic E-state index is -4.55. The third kappa shape index (κ3) is 3.71. The second-order valence-corrected chi connectivity index (χ2v) is 6.51. The van der Waals surface area contributed by atoms with Crippen molar-refractivity contribution in [2.45, 2.75) is 25.4 Å². The highest BCUT2D eigenvalue weighted by atomic mass is 35.5. The Morgan fingerprint density at radius 1 is 1.04 bits per heavy atom. The zero-order valence-electron chi connectivity index (χ0n) is 13.8. The number of H-pyrrole nitrogens is 1. The molecule has 0 fully saturated rings. The maximum absolute atomic E-state index is 13.7. The molecule has 0 saturated carbocycles. The van der Waals surface area contributed by atoms with Gasteiger partial charge < -0.3 is 10.7 Å². The van der Waals surface area contributed by atoms with Gasteiger partial charge in [0.05, 0.1) is 10.6 Å². The first-order chi connectivity index (χ1) is 12.3. The summed E-state index contributed by atoms with van der Waals surface area (Å²) in [4.78, 5) is 3.12. The molecule has 1 heterocycles. The van der Waals surface area contributed by atoms with Crippen molar-refractivity contribution in [3.8, 4) is 11.3 Å². The molecule has 3 rings (SSSR count). The van der Waals surface area contributed by atoms with Crippen LogP contribution in [-0.4, -0.2) is 11.5 Å². The summed E-state index contributed by atoms with van der Waals surface area (Å²) in [7, 11) is 0. The molecule has 0 aliphatic rings. The fourth-order valence-electron chi connectivity index (χ4n) is 3.07. The summed E-state index contributed by atoms with van der Waals surface area (Å²) in [5.74, 6) is -0.393. The molecule has 1 aromatic heterocycles. The molecule has 7 heteroatoms. The Morgan fingerprint density at radius 2 is 1.81 bits per heavy atom. The lowest BCUT2D eigenvalue weighted by molar-refractivity contribution is -0.137. The smallest absolute Gasteiger partial charge is 0.354 e. The lowest BCUT2D eigenvalue weighted by atomic mass is 9.99. The minimum absolute atomic E-state index is 0.354. The van der Waals surface area contributed by atoms with E-state index in [1.165, 1.54) is 24.3 Å². The van der Waals surface area contributed by atoms with E-state index in [9.17, 15) is 17.6 Å². The normalized spacial score (nSPS) is 12.1. The number of nitrogens with two attached hydrogens (primary N) is 1. The molecule has 0 radical (unpaired) electrons. The number of alkyl halides is 3. The summed E-state index contributed by atoms with van der Waals surface area (Å²) in [6.07, 6.45) is -2.44. The van der Waals surface area contributed by atoms with E-state index in [0.29, 0.717) is 35.1 Å². The molecule has 0 spiro atoms. The molecular formula is C19H17ClF4N2. The van der Waals surface area contributed by atoms with E-state index in [2.05, 4.69) is 4.98 Å². The number of hydrogen-bond donors (Lipinski definition) is 2. The van der Waals surface area contributed by atoms with Crippen LogP contribution >= 0.6 is 11.6 Å². The molecular weight excluding hydrogens is 368 g/mol. The van der Waals surface area contributed by atoms with E-state index < -0.39 is 17.6 Å². The van der Waals surface area contributed by atoms with Crippen molar-refractivity contribution in [1.29, 1.82) is 0 Å². The average molecular weight is 385 g/mol. The van der Waals surface area contributed by atoms with Crippen molar-refractivity contribution in [1.82, 2.24) is 4.98 Å². The van der Waals surface area contributed by atoms with Gasteiger partial charge in [0.1, 0.15) is 5.82 Å². The first-order valence-corrected chi connectivity index (χ1v) is 8.56.